The second-order valence-corrected chi connectivity index (χ2v) is 6.15. The van der Waals surface area contributed by atoms with Crippen molar-refractivity contribution in [3.63, 3.8) is 0 Å². The smallest absolute Gasteiger partial charge is 0.321 e. The van der Waals surface area contributed by atoms with E-state index >= 15 is 0 Å². The van der Waals surface area contributed by atoms with Crippen LogP contribution in [0.25, 0.3) is 0 Å². The third-order valence-corrected chi connectivity index (χ3v) is 4.48. The molecule has 1 rings (SSSR count). The molecule has 8 heteroatoms. The molecular weight excluding hydrogens is 304 g/mol. The van der Waals surface area contributed by atoms with Crippen molar-refractivity contribution >= 4 is 27.6 Å². The zero-order chi connectivity index (χ0) is 15.3. The van der Waals surface area contributed by atoms with Crippen molar-refractivity contribution in [3.05, 3.63) is 28.8 Å². The lowest BCUT2D eigenvalue weighted by molar-refractivity contribution is -0.139. The van der Waals surface area contributed by atoms with Gasteiger partial charge < -0.3 is 5.11 Å². The van der Waals surface area contributed by atoms with E-state index in [9.17, 15) is 13.2 Å². The number of hydrogen-bond acceptors (Lipinski definition) is 4. The number of carboxylic acid groups (broad SMARTS) is 1. The van der Waals surface area contributed by atoms with Crippen LogP contribution >= 0.6 is 11.6 Å². The molecule has 0 aliphatic rings. The molecule has 0 radical (unpaired) electrons. The molecule has 20 heavy (non-hydrogen) atoms. The van der Waals surface area contributed by atoms with Gasteiger partial charge in [0, 0.05) is 0 Å². The third-order valence-electron chi connectivity index (χ3n) is 2.52. The van der Waals surface area contributed by atoms with E-state index in [1.165, 1.54) is 12.1 Å². The maximum absolute atomic E-state index is 12.1. The molecule has 0 aliphatic heterocycles. The molecule has 2 N–H and O–H groups in total. The van der Waals surface area contributed by atoms with Crippen molar-refractivity contribution in [2.24, 2.45) is 0 Å². The lowest BCUT2D eigenvalue weighted by Crippen LogP contribution is -2.40. The lowest BCUT2D eigenvalue weighted by Gasteiger charge is -2.14. The van der Waals surface area contributed by atoms with Gasteiger partial charge in [0.25, 0.3) is 0 Å². The van der Waals surface area contributed by atoms with Gasteiger partial charge in [0.2, 0.25) is 10.0 Å². The summed E-state index contributed by atoms with van der Waals surface area (Å²) in [6, 6.07) is 4.34. The highest BCUT2D eigenvalue weighted by Crippen LogP contribution is 2.22. The van der Waals surface area contributed by atoms with Crippen molar-refractivity contribution < 1.29 is 18.3 Å². The van der Waals surface area contributed by atoms with Gasteiger partial charge in [-0.05, 0) is 24.6 Å². The molecule has 6 nitrogen and oxygen atoms in total. The van der Waals surface area contributed by atoms with E-state index in [1.807, 2.05) is 0 Å². The summed E-state index contributed by atoms with van der Waals surface area (Å²) in [6.07, 6.45) is 0.662. The number of sulfonamides is 1. The first-order valence-electron chi connectivity index (χ1n) is 5.76. The third kappa shape index (κ3) is 3.93. The van der Waals surface area contributed by atoms with Gasteiger partial charge in [-0.25, -0.2) is 8.42 Å². The lowest BCUT2D eigenvalue weighted by atomic mass is 10.2. The summed E-state index contributed by atoms with van der Waals surface area (Å²) < 4.78 is 26.4. The monoisotopic (exact) mass is 316 g/mol. The SMILES string of the molecule is CCC[C@@H](NS(=O)(=O)c1cc(C#N)ccc1Cl)C(=O)O. The molecule has 0 saturated heterocycles. The molecule has 0 heterocycles. The minimum atomic E-state index is -4.10. The Morgan fingerprint density at radius 2 is 2.20 bits per heavy atom. The predicted octanol–water partition coefficient (Wildman–Crippen LogP) is 1.74. The maximum atomic E-state index is 12.1. The molecule has 0 bridgehead atoms. The molecule has 1 aromatic carbocycles. The van der Waals surface area contributed by atoms with Gasteiger partial charge in [0.15, 0.2) is 0 Å². The zero-order valence-corrected chi connectivity index (χ0v) is 12.2. The normalized spacial score (nSPS) is 12.7. The van der Waals surface area contributed by atoms with E-state index in [0.717, 1.165) is 6.07 Å². The van der Waals surface area contributed by atoms with E-state index in [1.54, 1.807) is 13.0 Å². The van der Waals surface area contributed by atoms with E-state index in [0.29, 0.717) is 6.42 Å². The second-order valence-electron chi connectivity index (χ2n) is 4.06. The van der Waals surface area contributed by atoms with Gasteiger partial charge in [-0.15, -0.1) is 0 Å². The Bertz CT molecular complexity index is 652. The van der Waals surface area contributed by atoms with Crippen LogP contribution in [-0.4, -0.2) is 25.5 Å². The molecule has 0 spiro atoms. The van der Waals surface area contributed by atoms with Crippen LogP contribution in [0.1, 0.15) is 25.3 Å². The maximum Gasteiger partial charge on any atom is 0.321 e. The number of nitrogens with one attached hydrogen (secondary N) is 1. The summed E-state index contributed by atoms with van der Waals surface area (Å²) in [7, 11) is -4.10. The summed E-state index contributed by atoms with van der Waals surface area (Å²) in [4.78, 5) is 10.7. The van der Waals surface area contributed by atoms with Crippen molar-refractivity contribution in [1.82, 2.24) is 4.72 Å². The van der Waals surface area contributed by atoms with Gasteiger partial charge in [-0.1, -0.05) is 24.9 Å². The van der Waals surface area contributed by atoms with Crippen LogP contribution in [0.2, 0.25) is 5.02 Å². The van der Waals surface area contributed by atoms with Crippen LogP contribution in [0.5, 0.6) is 0 Å². The van der Waals surface area contributed by atoms with Gasteiger partial charge in [0.1, 0.15) is 10.9 Å². The Kier molecular flexibility index (Phi) is 5.51. The summed E-state index contributed by atoms with van der Waals surface area (Å²) >= 11 is 5.80. The Labute approximate surface area is 122 Å². The molecule has 1 aromatic rings. The summed E-state index contributed by atoms with van der Waals surface area (Å²) in [5.74, 6) is -1.26. The quantitative estimate of drug-likeness (QED) is 0.831. The van der Waals surface area contributed by atoms with Crippen molar-refractivity contribution in [2.45, 2.75) is 30.7 Å². The second kappa shape index (κ2) is 6.70. The number of hydrogen-bond donors (Lipinski definition) is 2. The Morgan fingerprint density at radius 3 is 2.70 bits per heavy atom. The average molecular weight is 317 g/mol. The van der Waals surface area contributed by atoms with Gasteiger partial charge >= 0.3 is 5.97 Å². The van der Waals surface area contributed by atoms with Crippen molar-refractivity contribution in [2.75, 3.05) is 0 Å². The number of halogens is 1. The van der Waals surface area contributed by atoms with Crippen LogP contribution in [0.4, 0.5) is 0 Å². The molecule has 0 aliphatic carbocycles. The topological polar surface area (TPSA) is 107 Å². The molecule has 0 fully saturated rings. The molecule has 0 amide bonds. The van der Waals surface area contributed by atoms with Crippen LogP contribution in [0.15, 0.2) is 23.1 Å². The number of carboxylic acids is 1. The zero-order valence-electron chi connectivity index (χ0n) is 10.6. The van der Waals surface area contributed by atoms with Crippen LogP contribution < -0.4 is 4.72 Å². The highest BCUT2D eigenvalue weighted by atomic mass is 35.5. The van der Waals surface area contributed by atoms with Crippen LogP contribution in [0.3, 0.4) is 0 Å². The fourth-order valence-corrected chi connectivity index (χ4v) is 3.30. The number of carbonyl (C=O) groups is 1. The average Bonchev–Trinajstić information content (AvgIpc) is 2.38. The molecule has 108 valence electrons. The van der Waals surface area contributed by atoms with Gasteiger partial charge in [-0.2, -0.15) is 9.98 Å². The molecular formula is C12H13ClN2O4S. The number of nitrogens with zero attached hydrogens (tertiary/aromatic N) is 1. The number of rotatable bonds is 6. The standard InChI is InChI=1S/C12H13ClN2O4S/c1-2-3-10(12(16)17)15-20(18,19)11-6-8(7-14)4-5-9(11)13/h4-6,10,15H,2-3H2,1H3,(H,16,17)/t10-/m1/s1. The summed E-state index contributed by atoms with van der Waals surface area (Å²) in [6.45, 7) is 1.74. The van der Waals surface area contributed by atoms with Crippen LogP contribution in [-0.2, 0) is 14.8 Å². The highest BCUT2D eigenvalue weighted by molar-refractivity contribution is 7.89. The number of nitriles is 1. The first kappa shape index (κ1) is 16.4. The molecule has 0 unspecified atom stereocenters. The fourth-order valence-electron chi connectivity index (χ4n) is 1.55. The first-order chi connectivity index (χ1) is 9.31. The Hall–Kier alpha value is -1.62. The highest BCUT2D eigenvalue weighted by Gasteiger charge is 2.26. The van der Waals surface area contributed by atoms with Gasteiger partial charge in [-0.3, -0.25) is 4.79 Å². The van der Waals surface area contributed by atoms with Crippen molar-refractivity contribution in [1.29, 1.82) is 5.26 Å². The molecule has 1 atom stereocenters. The van der Waals surface area contributed by atoms with E-state index in [2.05, 4.69) is 4.72 Å². The Balaban J connectivity index is 3.17. The van der Waals surface area contributed by atoms with E-state index in [4.69, 9.17) is 22.0 Å². The fraction of sp³-hybridized carbons (Fsp3) is 0.333. The molecule has 0 aromatic heterocycles. The van der Waals surface area contributed by atoms with Gasteiger partial charge in [0.05, 0.1) is 16.7 Å². The minimum absolute atomic E-state index is 0.0721. The summed E-state index contributed by atoms with van der Waals surface area (Å²) in [5.41, 5.74) is 0.122. The summed E-state index contributed by atoms with van der Waals surface area (Å²) in [5, 5.41) is 17.7. The molecule has 0 saturated carbocycles. The number of aliphatic carboxylic acids is 1. The largest absolute Gasteiger partial charge is 0.480 e. The van der Waals surface area contributed by atoms with E-state index in [-0.39, 0.29) is 21.9 Å². The first-order valence-corrected chi connectivity index (χ1v) is 7.62. The van der Waals surface area contributed by atoms with Crippen LogP contribution in [0, 0.1) is 11.3 Å². The van der Waals surface area contributed by atoms with Crippen molar-refractivity contribution in [3.8, 4) is 6.07 Å². The van der Waals surface area contributed by atoms with E-state index < -0.39 is 22.0 Å². The minimum Gasteiger partial charge on any atom is -0.480 e. The Morgan fingerprint density at radius 1 is 1.55 bits per heavy atom. The number of benzene rings is 1. The predicted molar refractivity (Wildman–Crippen MR) is 72.8 cm³/mol.